The van der Waals surface area contributed by atoms with E-state index < -0.39 is 12.0 Å². The first-order chi connectivity index (χ1) is 19.7. The number of aromatic nitrogens is 1. The molecule has 1 aliphatic heterocycles. The van der Waals surface area contributed by atoms with Gasteiger partial charge in [0.15, 0.2) is 11.8 Å². The minimum atomic E-state index is -0.688. The van der Waals surface area contributed by atoms with Gasteiger partial charge in [0.1, 0.15) is 17.3 Å². The van der Waals surface area contributed by atoms with Crippen molar-refractivity contribution >= 4 is 40.8 Å². The van der Waals surface area contributed by atoms with Gasteiger partial charge in [-0.3, -0.25) is 9.36 Å². The van der Waals surface area contributed by atoms with E-state index in [4.69, 9.17) is 13.9 Å². The molecule has 11 heteroatoms. The van der Waals surface area contributed by atoms with Crippen molar-refractivity contribution in [1.82, 2.24) is 4.57 Å². The lowest BCUT2D eigenvalue weighted by Gasteiger charge is -2.24. The van der Waals surface area contributed by atoms with Gasteiger partial charge in [-0.2, -0.15) is 0 Å². The maximum absolute atomic E-state index is 13.9. The summed E-state index contributed by atoms with van der Waals surface area (Å²) < 4.78 is 19.6. The minimum absolute atomic E-state index is 0.206. The standard InChI is InChI=1S/C30H28N3O6S2/c1-6-38-29(35)26-17(2)31-30-33(27(26)18-7-11-21(40-5)12-8-18)28(34)25(41-30)16-20-10-14-24(39-20)22-15-19(32(3)36)9-13-23(22)37-4/h7-16,27H,6H2,1-5H3/q+1/b25-16-. The van der Waals surface area contributed by atoms with Crippen LogP contribution in [0.4, 0.5) is 5.69 Å². The number of furan rings is 1. The lowest BCUT2D eigenvalue weighted by molar-refractivity contribution is -0.428. The van der Waals surface area contributed by atoms with E-state index in [1.165, 1.54) is 18.4 Å². The van der Waals surface area contributed by atoms with Crippen LogP contribution in [0.5, 0.6) is 5.75 Å². The molecule has 0 aliphatic carbocycles. The van der Waals surface area contributed by atoms with Gasteiger partial charge in [-0.1, -0.05) is 23.5 Å². The Balaban J connectivity index is 1.62. The fourth-order valence-corrected chi connectivity index (χ4v) is 6.12. The van der Waals surface area contributed by atoms with Crippen LogP contribution < -0.4 is 19.6 Å². The molecule has 0 N–H and O–H groups in total. The van der Waals surface area contributed by atoms with Gasteiger partial charge in [-0.25, -0.2) is 9.79 Å². The second-order valence-electron chi connectivity index (χ2n) is 9.16. The van der Waals surface area contributed by atoms with Crippen molar-refractivity contribution in [3.8, 4) is 17.1 Å². The summed E-state index contributed by atoms with van der Waals surface area (Å²) in [6.45, 7) is 3.71. The first kappa shape index (κ1) is 28.3. The van der Waals surface area contributed by atoms with Crippen LogP contribution >= 0.6 is 23.1 Å². The van der Waals surface area contributed by atoms with Crippen molar-refractivity contribution < 1.29 is 23.4 Å². The average Bonchev–Trinajstić information content (AvgIpc) is 3.56. The molecule has 2 aromatic heterocycles. The van der Waals surface area contributed by atoms with Crippen molar-refractivity contribution in [2.75, 3.05) is 27.0 Å². The summed E-state index contributed by atoms with van der Waals surface area (Å²) in [6, 6.07) is 15.6. The van der Waals surface area contributed by atoms with Crippen molar-refractivity contribution in [3.05, 3.63) is 102 Å². The van der Waals surface area contributed by atoms with Gasteiger partial charge in [-0.05, 0) is 56.0 Å². The third-order valence-electron chi connectivity index (χ3n) is 6.66. The number of hydrogen-bond acceptors (Lipinski definition) is 9. The number of ether oxygens (including phenoxy) is 2. The Labute approximate surface area is 244 Å². The van der Waals surface area contributed by atoms with Crippen LogP contribution in [0.3, 0.4) is 0 Å². The maximum atomic E-state index is 13.9. The van der Waals surface area contributed by atoms with E-state index in [-0.39, 0.29) is 12.2 Å². The predicted octanol–water partition coefficient (Wildman–Crippen LogP) is 4.83. The molecule has 0 saturated heterocycles. The summed E-state index contributed by atoms with van der Waals surface area (Å²) in [5, 5.41) is 0. The molecule has 0 radical (unpaired) electrons. The summed E-state index contributed by atoms with van der Waals surface area (Å²) in [4.78, 5) is 45.0. The van der Waals surface area contributed by atoms with E-state index in [2.05, 4.69) is 4.99 Å². The number of hydrogen-bond donors (Lipinski definition) is 0. The molecular weight excluding hydrogens is 562 g/mol. The fourth-order valence-electron chi connectivity index (χ4n) is 4.68. The van der Waals surface area contributed by atoms with Crippen LogP contribution in [0.25, 0.3) is 17.4 Å². The highest BCUT2D eigenvalue weighted by atomic mass is 32.2. The molecule has 41 heavy (non-hydrogen) atoms. The number of methoxy groups -OCH3 is 1. The number of thioether (sulfide) groups is 1. The number of benzene rings is 2. The molecule has 0 saturated carbocycles. The number of fused-ring (bicyclic) bond motifs is 1. The normalized spacial score (nSPS) is 15.0. The van der Waals surface area contributed by atoms with Crippen LogP contribution in [0.2, 0.25) is 0 Å². The van der Waals surface area contributed by atoms with Crippen LogP contribution in [-0.4, -0.2) is 42.3 Å². The Kier molecular flexibility index (Phi) is 8.09. The molecule has 4 aromatic rings. The van der Waals surface area contributed by atoms with Crippen molar-refractivity contribution in [1.29, 1.82) is 0 Å². The highest BCUT2D eigenvalue weighted by molar-refractivity contribution is 7.98. The van der Waals surface area contributed by atoms with Crippen molar-refractivity contribution in [2.45, 2.75) is 24.8 Å². The summed E-state index contributed by atoms with van der Waals surface area (Å²) in [7, 11) is 2.96. The predicted molar refractivity (Wildman–Crippen MR) is 159 cm³/mol. The average molecular weight is 591 g/mol. The first-order valence-electron chi connectivity index (χ1n) is 12.8. The van der Waals surface area contributed by atoms with Gasteiger partial charge in [0, 0.05) is 32.8 Å². The van der Waals surface area contributed by atoms with Crippen LogP contribution in [0.15, 0.2) is 85.0 Å². The van der Waals surface area contributed by atoms with Crippen LogP contribution in [0, 0.1) is 4.91 Å². The minimum Gasteiger partial charge on any atom is -0.496 e. The third kappa shape index (κ3) is 5.42. The van der Waals surface area contributed by atoms with Gasteiger partial charge < -0.3 is 13.9 Å². The van der Waals surface area contributed by atoms with E-state index in [0.29, 0.717) is 49.1 Å². The van der Waals surface area contributed by atoms with Crippen molar-refractivity contribution in [3.63, 3.8) is 0 Å². The number of carbonyl (C=O) groups is 1. The van der Waals surface area contributed by atoms with Crippen LogP contribution in [-0.2, 0) is 9.53 Å². The fraction of sp³-hybridized carbons (Fsp3) is 0.233. The van der Waals surface area contributed by atoms with Crippen molar-refractivity contribution in [2.24, 2.45) is 4.99 Å². The number of carbonyl (C=O) groups excluding carboxylic acids is 1. The first-order valence-corrected chi connectivity index (χ1v) is 14.8. The smallest absolute Gasteiger partial charge is 0.338 e. The molecule has 0 bridgehead atoms. The molecule has 2 aromatic carbocycles. The lowest BCUT2D eigenvalue weighted by atomic mass is 9.96. The summed E-state index contributed by atoms with van der Waals surface area (Å²) in [6.07, 6.45) is 3.64. The molecule has 0 spiro atoms. The molecule has 1 aliphatic rings. The molecule has 1 unspecified atom stereocenters. The Hall–Kier alpha value is -4.22. The number of nitrogens with zero attached hydrogens (tertiary/aromatic N) is 3. The van der Waals surface area contributed by atoms with E-state index in [0.717, 1.165) is 15.2 Å². The largest absolute Gasteiger partial charge is 0.496 e. The van der Waals surface area contributed by atoms with Gasteiger partial charge >= 0.3 is 5.97 Å². The highest BCUT2D eigenvalue weighted by Crippen LogP contribution is 2.35. The van der Waals surface area contributed by atoms with E-state index >= 15 is 0 Å². The third-order valence-corrected chi connectivity index (χ3v) is 8.39. The molecule has 1 atom stereocenters. The topological polar surface area (TPSA) is 103 Å². The molecule has 0 fully saturated rings. The summed E-state index contributed by atoms with van der Waals surface area (Å²) in [5.41, 5.74) is 2.38. The zero-order valence-electron chi connectivity index (χ0n) is 23.2. The zero-order chi connectivity index (χ0) is 29.3. The molecule has 0 amide bonds. The van der Waals surface area contributed by atoms with Gasteiger partial charge in [0.25, 0.3) is 11.2 Å². The van der Waals surface area contributed by atoms with Gasteiger partial charge in [0.2, 0.25) is 0 Å². The number of allylic oxidation sites excluding steroid dienone is 1. The molecule has 3 heterocycles. The molecule has 210 valence electrons. The second kappa shape index (κ2) is 11.7. The Morgan fingerprint density at radius 2 is 1.95 bits per heavy atom. The molecular formula is C30H28N3O6S2+. The van der Waals surface area contributed by atoms with E-state index in [9.17, 15) is 14.5 Å². The van der Waals surface area contributed by atoms with E-state index in [1.807, 2.05) is 30.5 Å². The number of thiazole rings is 1. The monoisotopic (exact) mass is 590 g/mol. The highest BCUT2D eigenvalue weighted by Gasteiger charge is 2.33. The molecule has 9 nitrogen and oxygen atoms in total. The Morgan fingerprint density at radius 1 is 1.20 bits per heavy atom. The second-order valence-corrected chi connectivity index (χ2v) is 11.0. The SMILES string of the molecule is CCOC(=O)C1=C(C)N=c2s/c(=C\c3ccc(-c4cc([N+](C)=O)ccc4OC)o3)c(=O)n2C1c1ccc(SC)cc1. The lowest BCUT2D eigenvalue weighted by Crippen LogP contribution is -2.39. The van der Waals surface area contributed by atoms with E-state index in [1.54, 1.807) is 73.7 Å². The van der Waals surface area contributed by atoms with Crippen LogP contribution in [0.1, 0.15) is 31.2 Å². The summed E-state index contributed by atoms with van der Waals surface area (Å²) in [5.74, 6) is 0.968. The quantitative estimate of drug-likeness (QED) is 0.165. The Morgan fingerprint density at radius 3 is 2.61 bits per heavy atom. The number of nitroso groups, excluding NO2 is 1. The van der Waals surface area contributed by atoms with Gasteiger partial charge in [-0.15, -0.1) is 11.8 Å². The zero-order valence-corrected chi connectivity index (χ0v) is 24.8. The molecule has 5 rings (SSSR count). The van der Waals surface area contributed by atoms with Gasteiger partial charge in [0.05, 0.1) is 41.1 Å². The number of rotatable bonds is 8. The number of esters is 1. The summed E-state index contributed by atoms with van der Waals surface area (Å²) >= 11 is 2.83. The Bertz CT molecular complexity index is 1860. The maximum Gasteiger partial charge on any atom is 0.338 e.